The molecule has 1 aliphatic rings. The quantitative estimate of drug-likeness (QED) is 0.816. The van der Waals surface area contributed by atoms with Gasteiger partial charge in [0.05, 0.1) is 18.4 Å². The first-order chi connectivity index (χ1) is 13.7. The molecule has 3 rings (SSSR count). The van der Waals surface area contributed by atoms with Crippen LogP contribution in [0.25, 0.3) is 11.3 Å². The standard InChI is InChI=1S/C19H22F3N5O2/c1-11-17(15-7-6-13(19(20,21)22)9-16(15)29-3)25-26-18(24-11)23-10-14-5-4-8-27(14)12(2)28/h6-7,9,14H,4-5,8,10H2,1-3H3,(H,23,24,26)/t14-/m0/s1. The van der Waals surface area contributed by atoms with Crippen LogP contribution in [-0.4, -0.2) is 52.2 Å². The number of hydrogen-bond donors (Lipinski definition) is 1. The summed E-state index contributed by atoms with van der Waals surface area (Å²) >= 11 is 0. The third kappa shape index (κ3) is 4.57. The van der Waals surface area contributed by atoms with Gasteiger partial charge in [0.1, 0.15) is 11.4 Å². The van der Waals surface area contributed by atoms with Gasteiger partial charge >= 0.3 is 6.18 Å². The van der Waals surface area contributed by atoms with Crippen molar-refractivity contribution in [2.75, 3.05) is 25.5 Å². The van der Waals surface area contributed by atoms with Crippen molar-refractivity contribution >= 4 is 11.9 Å². The Bertz CT molecular complexity index is 904. The minimum Gasteiger partial charge on any atom is -0.496 e. The topological polar surface area (TPSA) is 80.2 Å². The first-order valence-corrected chi connectivity index (χ1v) is 9.18. The molecule has 1 fully saturated rings. The second-order valence-electron chi connectivity index (χ2n) is 6.87. The van der Waals surface area contributed by atoms with Crippen molar-refractivity contribution in [2.45, 2.75) is 38.9 Å². The second kappa shape index (κ2) is 8.22. The van der Waals surface area contributed by atoms with Crippen LogP contribution in [0.2, 0.25) is 0 Å². The number of alkyl halides is 3. The van der Waals surface area contributed by atoms with Crippen molar-refractivity contribution in [1.82, 2.24) is 20.1 Å². The van der Waals surface area contributed by atoms with Crippen LogP contribution in [0.1, 0.15) is 31.0 Å². The highest BCUT2D eigenvalue weighted by Crippen LogP contribution is 2.37. The monoisotopic (exact) mass is 409 g/mol. The maximum absolute atomic E-state index is 12.9. The number of methoxy groups -OCH3 is 1. The summed E-state index contributed by atoms with van der Waals surface area (Å²) in [6.45, 7) is 4.49. The van der Waals surface area contributed by atoms with E-state index in [1.54, 1.807) is 13.8 Å². The molecule has 1 aromatic heterocycles. The molecular weight excluding hydrogens is 387 g/mol. The summed E-state index contributed by atoms with van der Waals surface area (Å²) in [6.07, 6.45) is -2.61. The van der Waals surface area contributed by atoms with Gasteiger partial charge in [0.15, 0.2) is 0 Å². The molecule has 10 heteroatoms. The molecule has 1 aromatic carbocycles. The highest BCUT2D eigenvalue weighted by atomic mass is 19.4. The van der Waals surface area contributed by atoms with Gasteiger partial charge in [0.25, 0.3) is 0 Å². The van der Waals surface area contributed by atoms with Gasteiger partial charge in [0, 0.05) is 31.6 Å². The lowest BCUT2D eigenvalue weighted by atomic mass is 10.1. The van der Waals surface area contributed by atoms with Crippen LogP contribution in [-0.2, 0) is 11.0 Å². The molecule has 0 unspecified atom stereocenters. The van der Waals surface area contributed by atoms with Gasteiger partial charge in [-0.1, -0.05) is 0 Å². The Morgan fingerprint density at radius 1 is 1.34 bits per heavy atom. The molecule has 1 N–H and O–H groups in total. The lowest BCUT2D eigenvalue weighted by Gasteiger charge is -2.23. The molecule has 29 heavy (non-hydrogen) atoms. The molecule has 156 valence electrons. The summed E-state index contributed by atoms with van der Waals surface area (Å²) in [5.74, 6) is 0.379. The summed E-state index contributed by atoms with van der Waals surface area (Å²) < 4.78 is 43.9. The number of aryl methyl sites for hydroxylation is 1. The summed E-state index contributed by atoms with van der Waals surface area (Å²) in [4.78, 5) is 17.8. The smallest absolute Gasteiger partial charge is 0.416 e. The zero-order valence-electron chi connectivity index (χ0n) is 16.4. The van der Waals surface area contributed by atoms with Crippen molar-refractivity contribution in [1.29, 1.82) is 0 Å². The van der Waals surface area contributed by atoms with E-state index in [9.17, 15) is 18.0 Å². The summed E-state index contributed by atoms with van der Waals surface area (Å²) in [6, 6.07) is 3.28. The number of ether oxygens (including phenoxy) is 1. The van der Waals surface area contributed by atoms with E-state index >= 15 is 0 Å². The first kappa shape index (κ1) is 20.8. The SMILES string of the molecule is COc1cc(C(F)(F)F)ccc1-c1nnc(NC[C@@H]2CCCN2C(C)=O)nc1C. The number of likely N-dealkylation sites (tertiary alicyclic amines) is 1. The fourth-order valence-electron chi connectivity index (χ4n) is 3.46. The van der Waals surface area contributed by atoms with Crippen molar-refractivity contribution in [3.8, 4) is 17.0 Å². The van der Waals surface area contributed by atoms with Crippen LogP contribution in [0.4, 0.5) is 19.1 Å². The minimum atomic E-state index is -4.47. The van der Waals surface area contributed by atoms with Crippen LogP contribution in [0.3, 0.4) is 0 Å². The van der Waals surface area contributed by atoms with E-state index in [4.69, 9.17) is 4.74 Å². The zero-order chi connectivity index (χ0) is 21.2. The molecule has 2 aromatic rings. The van der Waals surface area contributed by atoms with Crippen molar-refractivity contribution < 1.29 is 22.7 Å². The third-order valence-electron chi connectivity index (χ3n) is 4.92. The number of benzene rings is 1. The fraction of sp³-hybridized carbons (Fsp3) is 0.474. The van der Waals surface area contributed by atoms with Gasteiger partial charge in [0.2, 0.25) is 11.9 Å². The van der Waals surface area contributed by atoms with Crippen LogP contribution < -0.4 is 10.1 Å². The van der Waals surface area contributed by atoms with Gasteiger partial charge in [-0.15, -0.1) is 10.2 Å². The molecule has 7 nitrogen and oxygen atoms in total. The van der Waals surface area contributed by atoms with Crippen LogP contribution in [0.15, 0.2) is 18.2 Å². The number of nitrogens with zero attached hydrogens (tertiary/aromatic N) is 4. The van der Waals surface area contributed by atoms with Crippen molar-refractivity contribution in [3.63, 3.8) is 0 Å². The molecule has 0 aliphatic carbocycles. The molecule has 1 aliphatic heterocycles. The zero-order valence-corrected chi connectivity index (χ0v) is 16.4. The summed E-state index contributed by atoms with van der Waals surface area (Å²) in [7, 11) is 1.30. The lowest BCUT2D eigenvalue weighted by molar-refractivity contribution is -0.137. The Morgan fingerprint density at radius 3 is 2.72 bits per heavy atom. The first-order valence-electron chi connectivity index (χ1n) is 9.18. The Balaban J connectivity index is 1.78. The van der Waals surface area contributed by atoms with E-state index in [1.165, 1.54) is 13.2 Å². The number of hydrogen-bond acceptors (Lipinski definition) is 6. The number of aromatic nitrogens is 3. The normalized spacial score (nSPS) is 16.8. The van der Waals surface area contributed by atoms with Crippen LogP contribution >= 0.6 is 0 Å². The summed E-state index contributed by atoms with van der Waals surface area (Å²) in [5.41, 5.74) is 0.410. The van der Waals surface area contributed by atoms with Gasteiger partial charge in [-0.05, 0) is 38.0 Å². The molecular formula is C19H22F3N5O2. The van der Waals surface area contributed by atoms with Crippen molar-refractivity contribution in [3.05, 3.63) is 29.5 Å². The predicted molar refractivity (Wildman–Crippen MR) is 100 cm³/mol. The number of amides is 1. The molecule has 1 amide bonds. The largest absolute Gasteiger partial charge is 0.496 e. The van der Waals surface area contributed by atoms with Crippen molar-refractivity contribution in [2.24, 2.45) is 0 Å². The molecule has 2 heterocycles. The highest BCUT2D eigenvalue weighted by molar-refractivity contribution is 5.74. The Kier molecular flexibility index (Phi) is 5.90. The number of nitrogens with one attached hydrogen (secondary N) is 1. The van der Waals surface area contributed by atoms with Gasteiger partial charge < -0.3 is 15.0 Å². The molecule has 0 radical (unpaired) electrons. The Hall–Kier alpha value is -2.91. The number of anilines is 1. The van der Waals surface area contributed by atoms with Crippen LogP contribution in [0.5, 0.6) is 5.75 Å². The van der Waals surface area contributed by atoms with Gasteiger partial charge in [-0.3, -0.25) is 4.79 Å². The predicted octanol–water partition coefficient (Wildman–Crippen LogP) is 3.30. The van der Waals surface area contributed by atoms with E-state index in [1.807, 2.05) is 4.90 Å². The lowest BCUT2D eigenvalue weighted by Crippen LogP contribution is -2.38. The molecule has 0 spiro atoms. The number of carbonyl (C=O) groups excluding carboxylic acids is 1. The fourth-order valence-corrected chi connectivity index (χ4v) is 3.46. The van der Waals surface area contributed by atoms with Gasteiger partial charge in [-0.25, -0.2) is 4.98 Å². The second-order valence-corrected chi connectivity index (χ2v) is 6.87. The van der Waals surface area contributed by atoms with Gasteiger partial charge in [-0.2, -0.15) is 13.2 Å². The minimum absolute atomic E-state index is 0.0364. The highest BCUT2D eigenvalue weighted by Gasteiger charge is 2.32. The van der Waals surface area contributed by atoms with Crippen LogP contribution in [0, 0.1) is 6.92 Å². The Morgan fingerprint density at radius 2 is 2.10 bits per heavy atom. The summed E-state index contributed by atoms with van der Waals surface area (Å²) in [5, 5.41) is 11.3. The number of rotatable bonds is 5. The van der Waals surface area contributed by atoms with E-state index < -0.39 is 11.7 Å². The van der Waals surface area contributed by atoms with E-state index in [-0.39, 0.29) is 17.7 Å². The number of carbonyl (C=O) groups is 1. The maximum atomic E-state index is 12.9. The van der Waals surface area contributed by atoms with E-state index in [0.717, 1.165) is 31.5 Å². The average molecular weight is 409 g/mol. The Labute approximate surface area is 166 Å². The molecule has 0 saturated carbocycles. The van der Waals surface area contributed by atoms with E-state index in [2.05, 4.69) is 20.5 Å². The molecule has 0 bridgehead atoms. The third-order valence-corrected chi connectivity index (χ3v) is 4.92. The van der Waals surface area contributed by atoms with E-state index in [0.29, 0.717) is 29.4 Å². The average Bonchev–Trinajstić information content (AvgIpc) is 3.14. The molecule has 1 atom stereocenters. The number of halogens is 3. The maximum Gasteiger partial charge on any atom is 0.416 e. The molecule has 1 saturated heterocycles.